The zero-order valence-electron chi connectivity index (χ0n) is 12.4. The number of nitrogens with one attached hydrogen (secondary N) is 2. The van der Waals surface area contributed by atoms with Crippen molar-refractivity contribution in [2.75, 3.05) is 31.7 Å². The van der Waals surface area contributed by atoms with Crippen molar-refractivity contribution in [1.82, 2.24) is 5.32 Å². The number of anilines is 1. The Bertz CT molecular complexity index is 567. The minimum absolute atomic E-state index is 0.00127. The Labute approximate surface area is 129 Å². The van der Waals surface area contributed by atoms with E-state index >= 15 is 0 Å². The Kier molecular flexibility index (Phi) is 4.58. The average molecular weight is 304 g/mol. The van der Waals surface area contributed by atoms with Crippen LogP contribution in [0.3, 0.4) is 0 Å². The van der Waals surface area contributed by atoms with Gasteiger partial charge in [-0.2, -0.15) is 0 Å². The van der Waals surface area contributed by atoms with Crippen LogP contribution >= 0.6 is 0 Å². The van der Waals surface area contributed by atoms with Gasteiger partial charge in [-0.3, -0.25) is 9.59 Å². The molecule has 1 fully saturated rings. The quantitative estimate of drug-likeness (QED) is 0.854. The van der Waals surface area contributed by atoms with E-state index in [0.717, 1.165) is 30.9 Å². The number of benzene rings is 1. The standard InChI is InChI=1S/C16H20N2O4/c19-15-4-1-12-7-13(2-3-14(12)18-15)22-10-16(20)17-8-11-5-6-21-9-11/h2-3,7,11H,1,4-6,8-10H2,(H,17,20)(H,18,19)/t11-/m1/s1. The first-order chi connectivity index (χ1) is 10.7. The van der Waals surface area contributed by atoms with Crippen LogP contribution in [0.4, 0.5) is 5.69 Å². The number of ether oxygens (including phenoxy) is 2. The van der Waals surface area contributed by atoms with Crippen molar-refractivity contribution >= 4 is 17.5 Å². The molecule has 6 nitrogen and oxygen atoms in total. The van der Waals surface area contributed by atoms with Gasteiger partial charge in [0.05, 0.1) is 6.61 Å². The average Bonchev–Trinajstić information content (AvgIpc) is 3.04. The Morgan fingerprint density at radius 2 is 2.32 bits per heavy atom. The first kappa shape index (κ1) is 14.8. The molecule has 2 heterocycles. The van der Waals surface area contributed by atoms with Crippen molar-refractivity contribution in [2.24, 2.45) is 5.92 Å². The molecule has 22 heavy (non-hydrogen) atoms. The highest BCUT2D eigenvalue weighted by Gasteiger charge is 2.17. The Balaban J connectivity index is 1.46. The van der Waals surface area contributed by atoms with E-state index < -0.39 is 0 Å². The molecule has 118 valence electrons. The van der Waals surface area contributed by atoms with Gasteiger partial charge in [-0.15, -0.1) is 0 Å². The summed E-state index contributed by atoms with van der Waals surface area (Å²) in [5.41, 5.74) is 1.87. The Morgan fingerprint density at radius 3 is 3.14 bits per heavy atom. The molecule has 1 aromatic rings. The van der Waals surface area contributed by atoms with E-state index in [1.54, 1.807) is 6.07 Å². The SMILES string of the molecule is O=C(COc1ccc2c(c1)CCC(=O)N2)NC[C@H]1CCOC1. The highest BCUT2D eigenvalue weighted by Crippen LogP contribution is 2.26. The second-order valence-corrected chi connectivity index (χ2v) is 5.69. The molecule has 1 saturated heterocycles. The fourth-order valence-electron chi connectivity index (χ4n) is 2.65. The van der Waals surface area contributed by atoms with Crippen molar-refractivity contribution in [1.29, 1.82) is 0 Å². The van der Waals surface area contributed by atoms with Gasteiger partial charge in [0.2, 0.25) is 5.91 Å². The lowest BCUT2D eigenvalue weighted by Crippen LogP contribution is -2.33. The number of rotatable bonds is 5. The Hall–Kier alpha value is -2.08. The van der Waals surface area contributed by atoms with Crippen LogP contribution in [0.2, 0.25) is 0 Å². The summed E-state index contributed by atoms with van der Waals surface area (Å²) in [4.78, 5) is 23.1. The lowest BCUT2D eigenvalue weighted by Gasteiger charge is -2.17. The number of hydrogen-bond donors (Lipinski definition) is 2. The van der Waals surface area contributed by atoms with Crippen LogP contribution in [0.25, 0.3) is 0 Å². The molecule has 0 bridgehead atoms. The second-order valence-electron chi connectivity index (χ2n) is 5.69. The van der Waals surface area contributed by atoms with Gasteiger partial charge in [0.25, 0.3) is 5.91 Å². The van der Waals surface area contributed by atoms with Gasteiger partial charge < -0.3 is 20.1 Å². The van der Waals surface area contributed by atoms with Crippen LogP contribution in [-0.4, -0.2) is 38.2 Å². The molecular weight excluding hydrogens is 284 g/mol. The maximum absolute atomic E-state index is 11.8. The monoisotopic (exact) mass is 304 g/mol. The molecule has 1 aromatic carbocycles. The first-order valence-corrected chi connectivity index (χ1v) is 7.61. The van der Waals surface area contributed by atoms with E-state index in [4.69, 9.17) is 9.47 Å². The molecule has 0 aliphatic carbocycles. The topological polar surface area (TPSA) is 76.7 Å². The van der Waals surface area contributed by atoms with Crippen molar-refractivity contribution in [2.45, 2.75) is 19.3 Å². The Morgan fingerprint density at radius 1 is 1.41 bits per heavy atom. The predicted molar refractivity (Wildman–Crippen MR) is 80.8 cm³/mol. The van der Waals surface area contributed by atoms with Gasteiger partial charge in [-0.05, 0) is 36.6 Å². The third kappa shape index (κ3) is 3.76. The lowest BCUT2D eigenvalue weighted by molar-refractivity contribution is -0.123. The van der Waals surface area contributed by atoms with Crippen molar-refractivity contribution in [3.63, 3.8) is 0 Å². The summed E-state index contributed by atoms with van der Waals surface area (Å²) in [6.45, 7) is 2.14. The van der Waals surface area contributed by atoms with Gasteiger partial charge in [0.15, 0.2) is 6.61 Å². The van der Waals surface area contributed by atoms with E-state index in [1.165, 1.54) is 0 Å². The van der Waals surface area contributed by atoms with Crippen molar-refractivity contribution in [3.8, 4) is 5.75 Å². The zero-order chi connectivity index (χ0) is 15.4. The zero-order valence-corrected chi connectivity index (χ0v) is 12.4. The summed E-state index contributed by atoms with van der Waals surface area (Å²) in [6.07, 6.45) is 2.18. The molecule has 0 radical (unpaired) electrons. The molecular formula is C16H20N2O4. The predicted octanol–water partition coefficient (Wildman–Crippen LogP) is 1.10. The molecule has 0 saturated carbocycles. The van der Waals surface area contributed by atoms with Gasteiger partial charge in [-0.25, -0.2) is 0 Å². The van der Waals surface area contributed by atoms with Crippen LogP contribution in [0.15, 0.2) is 18.2 Å². The molecule has 0 spiro atoms. The fourth-order valence-corrected chi connectivity index (χ4v) is 2.65. The van der Waals surface area contributed by atoms with E-state index in [1.807, 2.05) is 12.1 Å². The molecule has 2 aliphatic rings. The number of aryl methyl sites for hydroxylation is 1. The number of hydrogen-bond acceptors (Lipinski definition) is 4. The molecule has 0 aromatic heterocycles. The van der Waals surface area contributed by atoms with Gasteiger partial charge in [0.1, 0.15) is 5.75 Å². The highest BCUT2D eigenvalue weighted by atomic mass is 16.5. The summed E-state index contributed by atoms with van der Waals surface area (Å²) in [5, 5.41) is 5.68. The molecule has 2 N–H and O–H groups in total. The summed E-state index contributed by atoms with van der Waals surface area (Å²) in [7, 11) is 0. The van der Waals surface area contributed by atoms with E-state index in [9.17, 15) is 9.59 Å². The maximum atomic E-state index is 11.8. The van der Waals surface area contributed by atoms with E-state index in [2.05, 4.69) is 10.6 Å². The van der Waals surface area contributed by atoms with Crippen molar-refractivity contribution in [3.05, 3.63) is 23.8 Å². The first-order valence-electron chi connectivity index (χ1n) is 7.61. The number of fused-ring (bicyclic) bond motifs is 1. The summed E-state index contributed by atoms with van der Waals surface area (Å²) >= 11 is 0. The molecule has 3 rings (SSSR count). The van der Waals surface area contributed by atoms with Gasteiger partial charge in [0, 0.05) is 31.2 Å². The highest BCUT2D eigenvalue weighted by molar-refractivity contribution is 5.94. The van der Waals surface area contributed by atoms with Crippen LogP contribution in [0.1, 0.15) is 18.4 Å². The van der Waals surface area contributed by atoms with Crippen molar-refractivity contribution < 1.29 is 19.1 Å². The minimum atomic E-state index is -0.127. The largest absolute Gasteiger partial charge is 0.484 e. The molecule has 6 heteroatoms. The third-order valence-corrected chi connectivity index (χ3v) is 3.95. The molecule has 1 atom stereocenters. The normalized spacial score (nSPS) is 20.2. The molecule has 2 amide bonds. The van der Waals surface area contributed by atoms with Crippen LogP contribution in [-0.2, 0) is 20.7 Å². The summed E-state index contributed by atoms with van der Waals surface area (Å²) in [6, 6.07) is 5.46. The number of amides is 2. The van der Waals surface area contributed by atoms with Crippen LogP contribution in [0, 0.1) is 5.92 Å². The summed E-state index contributed by atoms with van der Waals surface area (Å²) in [5.74, 6) is 0.972. The second kappa shape index (κ2) is 6.79. The lowest BCUT2D eigenvalue weighted by atomic mass is 10.0. The van der Waals surface area contributed by atoms with Crippen LogP contribution in [0.5, 0.6) is 5.75 Å². The smallest absolute Gasteiger partial charge is 0.257 e. The van der Waals surface area contributed by atoms with Gasteiger partial charge >= 0.3 is 0 Å². The number of carbonyl (C=O) groups is 2. The third-order valence-electron chi connectivity index (χ3n) is 3.95. The van der Waals surface area contributed by atoms with Gasteiger partial charge in [-0.1, -0.05) is 0 Å². The number of carbonyl (C=O) groups excluding carboxylic acids is 2. The van der Waals surface area contributed by atoms with E-state index in [-0.39, 0.29) is 18.4 Å². The van der Waals surface area contributed by atoms with Crippen LogP contribution < -0.4 is 15.4 Å². The molecule has 0 unspecified atom stereocenters. The maximum Gasteiger partial charge on any atom is 0.257 e. The fraction of sp³-hybridized carbons (Fsp3) is 0.500. The minimum Gasteiger partial charge on any atom is -0.484 e. The summed E-state index contributed by atoms with van der Waals surface area (Å²) < 4.78 is 10.8. The van der Waals surface area contributed by atoms with E-state index in [0.29, 0.717) is 31.1 Å². The molecule has 2 aliphatic heterocycles.